The van der Waals surface area contributed by atoms with Crippen LogP contribution in [0.15, 0.2) is 35.5 Å². The monoisotopic (exact) mass is 463 g/mol. The number of carbonyl (C=O) groups is 1. The minimum Gasteiger partial charge on any atom is -0.369 e. The van der Waals surface area contributed by atoms with E-state index in [1.54, 1.807) is 0 Å². The third-order valence-corrected chi connectivity index (χ3v) is 6.15. The van der Waals surface area contributed by atoms with Crippen LogP contribution in [0.2, 0.25) is 0 Å². The van der Waals surface area contributed by atoms with Crippen LogP contribution in [0.25, 0.3) is 0 Å². The van der Waals surface area contributed by atoms with Crippen molar-refractivity contribution in [2.24, 2.45) is 10.7 Å². The van der Waals surface area contributed by atoms with E-state index in [2.05, 4.69) is 15.3 Å². The van der Waals surface area contributed by atoms with E-state index in [0.717, 1.165) is 19.3 Å². The Kier molecular flexibility index (Phi) is 5.60. The summed E-state index contributed by atoms with van der Waals surface area (Å²) in [4.78, 5) is 19.6. The number of nitrogens with one attached hydrogen (secondary N) is 1. The highest BCUT2D eigenvalue weighted by Crippen LogP contribution is 2.31. The number of hydrogen-bond donors (Lipinski definition) is 2. The first-order valence-corrected chi connectivity index (χ1v) is 10.0. The number of nitrogens with zero attached hydrogens (tertiary/aromatic N) is 3. The van der Waals surface area contributed by atoms with Crippen LogP contribution in [0.3, 0.4) is 0 Å². The number of hydrogen-bond acceptors (Lipinski definition) is 6. The number of amides is 1. The number of pyridine rings is 1. The van der Waals surface area contributed by atoms with E-state index >= 15 is 0 Å². The fourth-order valence-corrected chi connectivity index (χ4v) is 3.95. The smallest absolute Gasteiger partial charge is 0.369 e. The van der Waals surface area contributed by atoms with Crippen molar-refractivity contribution in [3.63, 3.8) is 0 Å². The van der Waals surface area contributed by atoms with Crippen molar-refractivity contribution < 1.29 is 35.2 Å². The predicted octanol–water partition coefficient (Wildman–Crippen LogP) is 2.26. The van der Waals surface area contributed by atoms with Crippen molar-refractivity contribution >= 4 is 27.6 Å². The van der Waals surface area contributed by atoms with Gasteiger partial charge in [0.2, 0.25) is 16.0 Å². The summed E-state index contributed by atoms with van der Waals surface area (Å²) in [5.74, 6) is -5.13. The molecule has 1 amide bonds. The molecular weight excluding hydrogens is 449 g/mol. The standard InChI is InChI=1S/C17H14F5N5O3S/c1-27-16(23)26-13(7-31(27,29)30)10-5-9(6-11(18)14(10)19)25-15(28)12-4-8(2-3-24-12)17(20,21)22/h2-6,13H,7H2,1H3,(H2,23,26)(H,25,28)/t13-/m0/s1. The summed E-state index contributed by atoms with van der Waals surface area (Å²) in [5, 5.41) is 2.11. The van der Waals surface area contributed by atoms with Gasteiger partial charge in [0.1, 0.15) is 5.69 Å². The van der Waals surface area contributed by atoms with Gasteiger partial charge in [0.15, 0.2) is 11.6 Å². The van der Waals surface area contributed by atoms with Crippen molar-refractivity contribution in [3.05, 3.63) is 58.9 Å². The molecule has 0 aliphatic carbocycles. The predicted molar refractivity (Wildman–Crippen MR) is 99.5 cm³/mol. The molecule has 0 spiro atoms. The zero-order valence-corrected chi connectivity index (χ0v) is 16.4. The van der Waals surface area contributed by atoms with E-state index < -0.39 is 68.3 Å². The quantitative estimate of drug-likeness (QED) is 0.678. The molecule has 1 aliphatic heterocycles. The van der Waals surface area contributed by atoms with Gasteiger partial charge in [-0.15, -0.1) is 0 Å². The lowest BCUT2D eigenvalue weighted by Crippen LogP contribution is -2.45. The molecule has 8 nitrogen and oxygen atoms in total. The molecule has 31 heavy (non-hydrogen) atoms. The first-order valence-electron chi connectivity index (χ1n) is 8.43. The molecule has 0 saturated carbocycles. The highest BCUT2D eigenvalue weighted by molar-refractivity contribution is 7.89. The van der Waals surface area contributed by atoms with Crippen molar-refractivity contribution in [2.75, 3.05) is 18.1 Å². The van der Waals surface area contributed by atoms with Gasteiger partial charge >= 0.3 is 6.18 Å². The molecule has 2 heterocycles. The fourth-order valence-electron chi connectivity index (χ4n) is 2.74. The van der Waals surface area contributed by atoms with E-state index in [1.807, 2.05) is 0 Å². The van der Waals surface area contributed by atoms with Crippen molar-refractivity contribution in [3.8, 4) is 0 Å². The SMILES string of the molecule is CN1C(N)=N[C@H](c2cc(NC(=O)c3cc(C(F)(F)F)ccn3)cc(F)c2F)CS1(=O)=O. The van der Waals surface area contributed by atoms with E-state index in [9.17, 15) is 35.2 Å². The van der Waals surface area contributed by atoms with E-state index in [1.165, 1.54) is 0 Å². The van der Waals surface area contributed by atoms with Gasteiger partial charge in [-0.25, -0.2) is 26.5 Å². The van der Waals surface area contributed by atoms with Gasteiger partial charge < -0.3 is 11.1 Å². The van der Waals surface area contributed by atoms with Gasteiger partial charge in [0.05, 0.1) is 17.4 Å². The molecule has 0 unspecified atom stereocenters. The summed E-state index contributed by atoms with van der Waals surface area (Å²) in [6.07, 6.45) is -3.94. The molecule has 0 saturated heterocycles. The van der Waals surface area contributed by atoms with Crippen LogP contribution in [0.1, 0.15) is 27.7 Å². The van der Waals surface area contributed by atoms with Crippen LogP contribution in [-0.2, 0) is 16.2 Å². The topological polar surface area (TPSA) is 118 Å². The third-order valence-electron chi connectivity index (χ3n) is 4.39. The van der Waals surface area contributed by atoms with Gasteiger partial charge in [-0.2, -0.15) is 13.2 Å². The molecule has 0 bridgehead atoms. The Morgan fingerprint density at radius 1 is 1.26 bits per heavy atom. The number of guanidine groups is 1. The second-order valence-electron chi connectivity index (χ2n) is 6.49. The number of halogens is 5. The lowest BCUT2D eigenvalue weighted by atomic mass is 10.1. The van der Waals surface area contributed by atoms with E-state index in [0.29, 0.717) is 22.5 Å². The summed E-state index contributed by atoms with van der Waals surface area (Å²) in [6, 6.07) is 1.26. The lowest BCUT2D eigenvalue weighted by molar-refractivity contribution is -0.137. The minimum atomic E-state index is -4.72. The summed E-state index contributed by atoms with van der Waals surface area (Å²) in [6.45, 7) is 0. The number of nitrogens with two attached hydrogens (primary N) is 1. The highest BCUT2D eigenvalue weighted by Gasteiger charge is 2.34. The van der Waals surface area contributed by atoms with Crippen LogP contribution in [0.4, 0.5) is 27.6 Å². The molecule has 0 radical (unpaired) electrons. The molecule has 0 fully saturated rings. The fraction of sp³-hybridized carbons (Fsp3) is 0.235. The Morgan fingerprint density at radius 2 is 1.94 bits per heavy atom. The zero-order chi connectivity index (χ0) is 23.1. The number of alkyl halides is 3. The van der Waals surface area contributed by atoms with Crippen molar-refractivity contribution in [1.29, 1.82) is 0 Å². The molecule has 14 heteroatoms. The molecule has 3 N–H and O–H groups in total. The van der Waals surface area contributed by atoms with Crippen molar-refractivity contribution in [1.82, 2.24) is 9.29 Å². The first-order chi connectivity index (χ1) is 14.3. The van der Waals surface area contributed by atoms with Gasteiger partial charge in [0, 0.05) is 30.6 Å². The maximum atomic E-state index is 14.3. The maximum absolute atomic E-state index is 14.3. The van der Waals surface area contributed by atoms with E-state index in [4.69, 9.17) is 5.73 Å². The molecule has 166 valence electrons. The van der Waals surface area contributed by atoms with Gasteiger partial charge in [0.25, 0.3) is 5.91 Å². The minimum absolute atomic E-state index is 0.344. The first kappa shape index (κ1) is 22.4. The highest BCUT2D eigenvalue weighted by atomic mass is 32.2. The summed E-state index contributed by atoms with van der Waals surface area (Å²) in [7, 11) is -2.81. The number of rotatable bonds is 3. The third kappa shape index (κ3) is 4.57. The second-order valence-corrected chi connectivity index (χ2v) is 8.54. The van der Waals surface area contributed by atoms with Crippen LogP contribution in [-0.4, -0.2) is 42.4 Å². The number of aliphatic imine (C=N–C) groups is 1. The molecular formula is C17H14F5N5O3S. The second kappa shape index (κ2) is 7.76. The molecule has 1 atom stereocenters. The van der Waals surface area contributed by atoms with Crippen LogP contribution in [0, 0.1) is 11.6 Å². The van der Waals surface area contributed by atoms with Crippen molar-refractivity contribution in [2.45, 2.75) is 12.2 Å². The average Bonchev–Trinajstić information content (AvgIpc) is 2.67. The number of anilines is 1. The molecule has 1 aromatic heterocycles. The Bertz CT molecular complexity index is 1180. The Balaban J connectivity index is 1.95. The molecule has 2 aromatic rings. The van der Waals surface area contributed by atoms with Gasteiger partial charge in [-0.3, -0.25) is 9.78 Å². The maximum Gasteiger partial charge on any atom is 0.416 e. The van der Waals surface area contributed by atoms with Crippen LogP contribution < -0.4 is 11.1 Å². The van der Waals surface area contributed by atoms with E-state index in [-0.39, 0.29) is 5.69 Å². The number of aromatic nitrogens is 1. The molecule has 3 rings (SSSR count). The van der Waals surface area contributed by atoms with Crippen LogP contribution in [0.5, 0.6) is 0 Å². The summed E-state index contributed by atoms with van der Waals surface area (Å²) >= 11 is 0. The number of sulfonamides is 1. The van der Waals surface area contributed by atoms with Gasteiger partial charge in [-0.05, 0) is 18.2 Å². The Labute approximate surface area is 172 Å². The van der Waals surface area contributed by atoms with Gasteiger partial charge in [-0.1, -0.05) is 0 Å². The molecule has 1 aromatic carbocycles. The molecule has 1 aliphatic rings. The largest absolute Gasteiger partial charge is 0.416 e. The Hall–Kier alpha value is -3.29. The number of carbonyl (C=O) groups excluding carboxylic acids is 1. The van der Waals surface area contributed by atoms with Crippen LogP contribution >= 0.6 is 0 Å². The normalized spacial score (nSPS) is 18.5. The summed E-state index contributed by atoms with van der Waals surface area (Å²) in [5.41, 5.74) is 2.93. The summed E-state index contributed by atoms with van der Waals surface area (Å²) < 4.78 is 91.8. The number of benzene rings is 1. The Morgan fingerprint density at radius 3 is 2.55 bits per heavy atom. The lowest BCUT2D eigenvalue weighted by Gasteiger charge is -2.27. The average molecular weight is 463 g/mol. The zero-order valence-electron chi connectivity index (χ0n) is 15.6.